The van der Waals surface area contributed by atoms with E-state index in [1.54, 1.807) is 0 Å². The Morgan fingerprint density at radius 1 is 0.878 bits per heavy atom. The number of allylic oxidation sites excluding steroid dienone is 1. The van der Waals surface area contributed by atoms with Crippen molar-refractivity contribution in [1.82, 2.24) is 0 Å². The molecule has 4 rings (SSSR count). The molecule has 1 aliphatic heterocycles. The SMILES string of the molecule is CC/C=C/C[C@@H](O[Si](c1ccccc1)(c1ccccc1)C(C)(C)C)[C@H]1C[C@@H](C(O)CCCOCc2ccccc2)O1. The molecule has 5 heteroatoms. The molecule has 1 fully saturated rings. The van der Waals surface area contributed by atoms with Crippen LogP contribution >= 0.6 is 0 Å². The first-order valence-corrected chi connectivity index (χ1v) is 17.1. The van der Waals surface area contributed by atoms with E-state index in [1.165, 1.54) is 15.9 Å². The monoisotopic (exact) mass is 572 g/mol. The van der Waals surface area contributed by atoms with Crippen molar-refractivity contribution >= 4 is 18.7 Å². The minimum absolute atomic E-state index is 0.0489. The van der Waals surface area contributed by atoms with E-state index in [0.717, 1.165) is 25.7 Å². The molecule has 220 valence electrons. The fourth-order valence-corrected chi connectivity index (χ4v) is 10.6. The maximum atomic E-state index is 10.9. The predicted octanol–water partition coefficient (Wildman–Crippen LogP) is 6.80. The minimum atomic E-state index is -2.72. The van der Waals surface area contributed by atoms with Crippen molar-refractivity contribution in [3.63, 3.8) is 0 Å². The number of aliphatic hydroxyl groups is 1. The van der Waals surface area contributed by atoms with Crippen molar-refractivity contribution < 1.29 is 19.0 Å². The molecule has 1 heterocycles. The molecule has 0 spiro atoms. The van der Waals surface area contributed by atoms with Gasteiger partial charge in [-0.15, -0.1) is 0 Å². The predicted molar refractivity (Wildman–Crippen MR) is 171 cm³/mol. The molecule has 1 aliphatic rings. The average molecular weight is 573 g/mol. The standard InChI is InChI=1S/C36H48O4Si/c1-5-6-10-25-33(35-27-34(39-35)32(37)24-17-26-38-28-29-18-11-7-12-19-29)40-41(36(2,3)4,30-20-13-8-14-21-30)31-22-15-9-16-23-31/h6-16,18-23,32-35,37H,5,17,24-28H2,1-4H3/b10-6+/t32?,33-,34+,35-/m1/s1. The van der Waals surface area contributed by atoms with Crippen molar-refractivity contribution in [2.24, 2.45) is 0 Å². The summed E-state index contributed by atoms with van der Waals surface area (Å²) in [5.74, 6) is 0. The normalized spacial score (nSPS) is 19.1. The Kier molecular flexibility index (Phi) is 11.5. The van der Waals surface area contributed by atoms with Crippen molar-refractivity contribution in [3.05, 3.63) is 109 Å². The molecule has 0 aliphatic carbocycles. The fourth-order valence-electron chi connectivity index (χ4n) is 5.87. The lowest BCUT2D eigenvalue weighted by atomic mass is 9.92. The molecule has 1 unspecified atom stereocenters. The highest BCUT2D eigenvalue weighted by Crippen LogP contribution is 2.40. The van der Waals surface area contributed by atoms with Crippen molar-refractivity contribution in [1.29, 1.82) is 0 Å². The first-order chi connectivity index (χ1) is 19.8. The van der Waals surface area contributed by atoms with Gasteiger partial charge in [-0.3, -0.25) is 0 Å². The van der Waals surface area contributed by atoms with Crippen LogP contribution in [-0.4, -0.2) is 44.4 Å². The van der Waals surface area contributed by atoms with Crippen molar-refractivity contribution in [2.45, 2.75) is 95.9 Å². The Labute approximate surface area is 248 Å². The molecule has 0 radical (unpaired) electrons. The molecule has 3 aromatic rings. The van der Waals surface area contributed by atoms with Crippen LogP contribution in [0.15, 0.2) is 103 Å². The summed E-state index contributed by atoms with van der Waals surface area (Å²) in [5, 5.41) is 13.3. The summed E-state index contributed by atoms with van der Waals surface area (Å²) < 4.78 is 19.7. The summed E-state index contributed by atoms with van der Waals surface area (Å²) >= 11 is 0. The van der Waals surface area contributed by atoms with E-state index in [0.29, 0.717) is 19.6 Å². The van der Waals surface area contributed by atoms with E-state index in [-0.39, 0.29) is 23.4 Å². The Hall–Kier alpha value is -2.54. The van der Waals surface area contributed by atoms with E-state index < -0.39 is 14.4 Å². The van der Waals surface area contributed by atoms with E-state index in [2.05, 4.69) is 113 Å². The second kappa shape index (κ2) is 15.1. The molecule has 0 bridgehead atoms. The van der Waals surface area contributed by atoms with Gasteiger partial charge in [-0.25, -0.2) is 0 Å². The van der Waals surface area contributed by atoms with Crippen LogP contribution in [0.25, 0.3) is 0 Å². The Morgan fingerprint density at radius 3 is 1.98 bits per heavy atom. The van der Waals surface area contributed by atoms with Gasteiger partial charge in [0.25, 0.3) is 8.32 Å². The fraction of sp³-hybridized carbons (Fsp3) is 0.444. The van der Waals surface area contributed by atoms with E-state index in [4.69, 9.17) is 13.9 Å². The first kappa shape index (κ1) is 31.4. The maximum absolute atomic E-state index is 10.9. The number of hydrogen-bond donors (Lipinski definition) is 1. The summed E-state index contributed by atoms with van der Waals surface area (Å²) in [7, 11) is -2.72. The molecule has 41 heavy (non-hydrogen) atoms. The highest BCUT2D eigenvalue weighted by Gasteiger charge is 2.53. The van der Waals surface area contributed by atoms with Crippen LogP contribution in [0.4, 0.5) is 0 Å². The molecular formula is C36H48O4Si. The lowest BCUT2D eigenvalue weighted by Crippen LogP contribution is -2.69. The van der Waals surface area contributed by atoms with E-state index >= 15 is 0 Å². The summed E-state index contributed by atoms with van der Waals surface area (Å²) in [6.07, 6.45) is 7.71. The van der Waals surface area contributed by atoms with E-state index in [1.807, 2.05) is 18.2 Å². The molecule has 0 amide bonds. The van der Waals surface area contributed by atoms with Gasteiger partial charge >= 0.3 is 0 Å². The van der Waals surface area contributed by atoms with Crippen LogP contribution in [0, 0.1) is 0 Å². The van der Waals surface area contributed by atoms with Gasteiger partial charge in [-0.2, -0.15) is 0 Å². The summed E-state index contributed by atoms with van der Waals surface area (Å²) in [4.78, 5) is 0. The van der Waals surface area contributed by atoms with Crippen LogP contribution in [0.5, 0.6) is 0 Å². The molecule has 4 atom stereocenters. The number of benzene rings is 3. The van der Waals surface area contributed by atoms with Gasteiger partial charge < -0.3 is 19.0 Å². The molecule has 0 aromatic heterocycles. The molecule has 1 N–H and O–H groups in total. The lowest BCUT2D eigenvalue weighted by molar-refractivity contribution is -0.202. The molecule has 1 saturated heterocycles. The molecule has 4 nitrogen and oxygen atoms in total. The molecular weight excluding hydrogens is 524 g/mol. The lowest BCUT2D eigenvalue weighted by Gasteiger charge is -2.49. The zero-order valence-electron chi connectivity index (χ0n) is 25.2. The second-order valence-electron chi connectivity index (χ2n) is 12.1. The van der Waals surface area contributed by atoms with Crippen LogP contribution in [0.2, 0.25) is 5.04 Å². The topological polar surface area (TPSA) is 47.9 Å². The van der Waals surface area contributed by atoms with Gasteiger partial charge in [0.1, 0.15) is 0 Å². The van der Waals surface area contributed by atoms with Gasteiger partial charge in [0.2, 0.25) is 0 Å². The Balaban J connectivity index is 1.44. The Morgan fingerprint density at radius 2 is 1.44 bits per heavy atom. The average Bonchev–Trinajstić information content (AvgIpc) is 2.95. The smallest absolute Gasteiger partial charge is 0.261 e. The van der Waals surface area contributed by atoms with Crippen molar-refractivity contribution in [2.75, 3.05) is 6.61 Å². The van der Waals surface area contributed by atoms with Gasteiger partial charge in [-0.05, 0) is 46.7 Å². The summed E-state index contributed by atoms with van der Waals surface area (Å²) in [6, 6.07) is 31.8. The molecule has 0 saturated carbocycles. The summed E-state index contributed by atoms with van der Waals surface area (Å²) in [6.45, 7) is 10.3. The number of rotatable bonds is 15. The highest BCUT2D eigenvalue weighted by molar-refractivity contribution is 6.99. The third-order valence-corrected chi connectivity index (χ3v) is 13.1. The number of ether oxygens (including phenoxy) is 2. The second-order valence-corrected chi connectivity index (χ2v) is 16.4. The van der Waals surface area contributed by atoms with Crippen LogP contribution in [0.3, 0.4) is 0 Å². The minimum Gasteiger partial charge on any atom is -0.402 e. The Bertz CT molecular complexity index is 1130. The van der Waals surface area contributed by atoms with Crippen LogP contribution in [-0.2, 0) is 20.5 Å². The zero-order chi connectivity index (χ0) is 29.1. The van der Waals surface area contributed by atoms with Gasteiger partial charge in [-0.1, -0.05) is 131 Å². The number of hydrogen-bond acceptors (Lipinski definition) is 4. The largest absolute Gasteiger partial charge is 0.402 e. The number of aliphatic hydroxyl groups excluding tert-OH is 1. The molecule has 3 aromatic carbocycles. The third kappa shape index (κ3) is 8.06. The summed E-state index contributed by atoms with van der Waals surface area (Å²) in [5.41, 5.74) is 1.17. The first-order valence-electron chi connectivity index (χ1n) is 15.2. The van der Waals surface area contributed by atoms with Crippen LogP contribution in [0.1, 0.15) is 65.4 Å². The zero-order valence-corrected chi connectivity index (χ0v) is 26.2. The van der Waals surface area contributed by atoms with Gasteiger partial charge in [0, 0.05) is 13.0 Å². The third-order valence-electron chi connectivity index (χ3n) is 8.07. The van der Waals surface area contributed by atoms with Crippen molar-refractivity contribution in [3.8, 4) is 0 Å². The maximum Gasteiger partial charge on any atom is 0.261 e. The van der Waals surface area contributed by atoms with Gasteiger partial charge in [0.05, 0.1) is 31.0 Å². The quantitative estimate of drug-likeness (QED) is 0.124. The van der Waals surface area contributed by atoms with Gasteiger partial charge in [0.15, 0.2) is 0 Å². The van der Waals surface area contributed by atoms with E-state index in [9.17, 15) is 5.11 Å². The van der Waals surface area contributed by atoms with Crippen LogP contribution < -0.4 is 10.4 Å². The highest BCUT2D eigenvalue weighted by atomic mass is 28.4.